The Labute approximate surface area is 230 Å². The molecule has 186 valence electrons. The molecule has 0 N–H and O–H groups in total. The van der Waals surface area contributed by atoms with Gasteiger partial charge in [-0.2, -0.15) is 0 Å². The van der Waals surface area contributed by atoms with Crippen LogP contribution in [-0.2, 0) is 0 Å². The van der Waals surface area contributed by atoms with Crippen LogP contribution in [-0.4, -0.2) is 14.5 Å². The summed E-state index contributed by atoms with van der Waals surface area (Å²) in [5.74, 6) is 0.917. The van der Waals surface area contributed by atoms with Crippen LogP contribution < -0.4 is 4.90 Å². The first-order chi connectivity index (χ1) is 19.9. The van der Waals surface area contributed by atoms with Crippen LogP contribution in [0.5, 0.6) is 0 Å². The highest BCUT2D eigenvalue weighted by molar-refractivity contribution is 6.19. The van der Waals surface area contributed by atoms with E-state index in [1.807, 2.05) is 6.20 Å². The van der Waals surface area contributed by atoms with E-state index in [2.05, 4.69) is 137 Å². The summed E-state index contributed by atoms with van der Waals surface area (Å²) in [5, 5.41) is 5.93. The van der Waals surface area contributed by atoms with Gasteiger partial charge in [-0.1, -0.05) is 72.8 Å². The standard InChI is InChI=1S/C36H22N4/c1-5-13-30-25(9-1)28-21-22-37-35-29-12-4-8-16-33(29)40(36(38-30)34(28)35)24-19-17-23(18-20-24)39-31-14-6-2-10-26(31)27-11-3-7-15-32(27)39/h1-22H. The van der Waals surface area contributed by atoms with E-state index >= 15 is 0 Å². The highest BCUT2D eigenvalue weighted by Gasteiger charge is 2.29. The van der Waals surface area contributed by atoms with Crippen LogP contribution in [0.15, 0.2) is 134 Å². The van der Waals surface area contributed by atoms with Gasteiger partial charge in [0.15, 0.2) is 0 Å². The van der Waals surface area contributed by atoms with Gasteiger partial charge >= 0.3 is 0 Å². The van der Waals surface area contributed by atoms with Crippen molar-refractivity contribution >= 4 is 60.7 Å². The third kappa shape index (κ3) is 2.85. The highest BCUT2D eigenvalue weighted by atomic mass is 15.2. The molecule has 1 aliphatic rings. The van der Waals surface area contributed by atoms with Crippen LogP contribution in [0, 0.1) is 0 Å². The normalized spacial score (nSPS) is 12.4. The second kappa shape index (κ2) is 8.01. The first kappa shape index (κ1) is 21.5. The fourth-order valence-electron chi connectivity index (χ4n) is 6.44. The molecule has 0 saturated carbocycles. The van der Waals surface area contributed by atoms with Crippen LogP contribution in [0.1, 0.15) is 0 Å². The Balaban J connectivity index is 1.29. The molecule has 0 aliphatic carbocycles. The van der Waals surface area contributed by atoms with Gasteiger partial charge in [0, 0.05) is 39.3 Å². The van der Waals surface area contributed by atoms with E-state index < -0.39 is 0 Å². The van der Waals surface area contributed by atoms with E-state index in [4.69, 9.17) is 9.97 Å². The molecular formula is C36H22N4. The third-order valence-corrected chi connectivity index (χ3v) is 8.15. The van der Waals surface area contributed by atoms with Gasteiger partial charge in [-0.3, -0.25) is 9.88 Å². The van der Waals surface area contributed by atoms with Gasteiger partial charge in [0.1, 0.15) is 5.82 Å². The van der Waals surface area contributed by atoms with E-state index in [0.717, 1.165) is 50.4 Å². The zero-order valence-corrected chi connectivity index (χ0v) is 21.5. The Morgan fingerprint density at radius 2 is 1.12 bits per heavy atom. The van der Waals surface area contributed by atoms with Crippen molar-refractivity contribution in [3.63, 3.8) is 0 Å². The van der Waals surface area contributed by atoms with E-state index in [1.165, 1.54) is 27.2 Å². The number of fused-ring (bicyclic) bond motifs is 7. The van der Waals surface area contributed by atoms with E-state index in [1.54, 1.807) is 0 Å². The molecule has 4 heterocycles. The van der Waals surface area contributed by atoms with Gasteiger partial charge in [0.25, 0.3) is 0 Å². The molecule has 40 heavy (non-hydrogen) atoms. The summed E-state index contributed by atoms with van der Waals surface area (Å²) < 4.78 is 2.35. The number of hydrogen-bond acceptors (Lipinski definition) is 3. The predicted molar refractivity (Wildman–Crippen MR) is 165 cm³/mol. The number of nitrogens with zero attached hydrogens (tertiary/aromatic N) is 4. The third-order valence-electron chi connectivity index (χ3n) is 8.15. The SMILES string of the molecule is c1ccc2c(c1)-c1nccc3c1c(nc1ccccc13)N2c1ccc(-n2c3ccccc3c3ccccc32)cc1. The van der Waals surface area contributed by atoms with Crippen molar-refractivity contribution in [1.29, 1.82) is 0 Å². The predicted octanol–water partition coefficient (Wildman–Crippen LogP) is 9.33. The number of hydrogen-bond donors (Lipinski definition) is 0. The molecule has 3 aromatic heterocycles. The molecule has 0 bridgehead atoms. The van der Waals surface area contributed by atoms with Crippen LogP contribution in [0.4, 0.5) is 17.2 Å². The van der Waals surface area contributed by atoms with Crippen molar-refractivity contribution in [3.05, 3.63) is 134 Å². The zero-order chi connectivity index (χ0) is 26.2. The molecule has 0 fully saturated rings. The van der Waals surface area contributed by atoms with Crippen LogP contribution in [0.2, 0.25) is 0 Å². The second-order valence-electron chi connectivity index (χ2n) is 10.3. The largest absolute Gasteiger partial charge is 0.309 e. The average molecular weight is 511 g/mol. The maximum absolute atomic E-state index is 5.23. The molecule has 4 heteroatoms. The minimum atomic E-state index is 0.917. The van der Waals surface area contributed by atoms with Crippen molar-refractivity contribution in [1.82, 2.24) is 14.5 Å². The number of anilines is 3. The summed E-state index contributed by atoms with van der Waals surface area (Å²) in [6.45, 7) is 0. The Bertz CT molecular complexity index is 2230. The van der Waals surface area contributed by atoms with E-state index in [-0.39, 0.29) is 0 Å². The lowest BCUT2D eigenvalue weighted by atomic mass is 9.95. The molecule has 4 nitrogen and oxygen atoms in total. The molecule has 0 atom stereocenters. The summed E-state index contributed by atoms with van der Waals surface area (Å²) in [6, 6.07) is 45.1. The molecule has 0 saturated heterocycles. The maximum Gasteiger partial charge on any atom is 0.148 e. The van der Waals surface area contributed by atoms with Crippen molar-refractivity contribution in [2.45, 2.75) is 0 Å². The molecule has 9 rings (SSSR count). The van der Waals surface area contributed by atoms with Gasteiger partial charge < -0.3 is 4.57 Å². The monoisotopic (exact) mass is 510 g/mol. The summed E-state index contributed by atoms with van der Waals surface area (Å²) in [6.07, 6.45) is 1.92. The van der Waals surface area contributed by atoms with Crippen LogP contribution in [0.3, 0.4) is 0 Å². The Hall–Kier alpha value is -5.48. The fourth-order valence-corrected chi connectivity index (χ4v) is 6.44. The summed E-state index contributed by atoms with van der Waals surface area (Å²) in [4.78, 5) is 12.4. The minimum Gasteiger partial charge on any atom is -0.309 e. The highest BCUT2D eigenvalue weighted by Crippen LogP contribution is 2.50. The summed E-state index contributed by atoms with van der Waals surface area (Å²) >= 11 is 0. The van der Waals surface area contributed by atoms with Crippen molar-refractivity contribution in [2.75, 3.05) is 4.90 Å². The number of aromatic nitrogens is 3. The molecule has 8 aromatic rings. The lowest BCUT2D eigenvalue weighted by Crippen LogP contribution is -2.17. The average Bonchev–Trinajstić information content (AvgIpc) is 3.36. The molecule has 0 unspecified atom stereocenters. The Morgan fingerprint density at radius 3 is 1.90 bits per heavy atom. The molecule has 0 amide bonds. The van der Waals surface area contributed by atoms with Crippen LogP contribution >= 0.6 is 0 Å². The van der Waals surface area contributed by atoms with Gasteiger partial charge in [-0.05, 0) is 60.0 Å². The quantitative estimate of drug-likeness (QED) is 0.217. The molecule has 0 radical (unpaired) electrons. The number of para-hydroxylation sites is 4. The number of benzene rings is 5. The Morgan fingerprint density at radius 1 is 0.500 bits per heavy atom. The summed E-state index contributed by atoms with van der Waals surface area (Å²) in [7, 11) is 0. The second-order valence-corrected chi connectivity index (χ2v) is 10.3. The minimum absolute atomic E-state index is 0.917. The van der Waals surface area contributed by atoms with Gasteiger partial charge in [0.05, 0.1) is 33.3 Å². The number of rotatable bonds is 2. The van der Waals surface area contributed by atoms with E-state index in [9.17, 15) is 0 Å². The molecule has 1 aliphatic heterocycles. The van der Waals surface area contributed by atoms with Crippen molar-refractivity contribution in [2.24, 2.45) is 0 Å². The molecular weight excluding hydrogens is 488 g/mol. The zero-order valence-electron chi connectivity index (χ0n) is 21.5. The maximum atomic E-state index is 5.23. The van der Waals surface area contributed by atoms with E-state index in [0.29, 0.717) is 0 Å². The number of pyridine rings is 2. The van der Waals surface area contributed by atoms with Crippen LogP contribution in [0.25, 0.3) is 60.4 Å². The first-order valence-corrected chi connectivity index (χ1v) is 13.5. The van der Waals surface area contributed by atoms with Gasteiger partial charge in [0.2, 0.25) is 0 Å². The lowest BCUT2D eigenvalue weighted by molar-refractivity contribution is 1.16. The molecule has 5 aromatic carbocycles. The Kier molecular flexibility index (Phi) is 4.30. The van der Waals surface area contributed by atoms with Crippen molar-refractivity contribution in [3.8, 4) is 16.9 Å². The lowest BCUT2D eigenvalue weighted by Gasteiger charge is -2.32. The molecule has 0 spiro atoms. The van der Waals surface area contributed by atoms with Crippen molar-refractivity contribution < 1.29 is 0 Å². The smallest absolute Gasteiger partial charge is 0.148 e. The summed E-state index contributed by atoms with van der Waals surface area (Å²) in [5.41, 5.74) is 8.77. The fraction of sp³-hybridized carbons (Fsp3) is 0. The first-order valence-electron chi connectivity index (χ1n) is 13.5. The van der Waals surface area contributed by atoms with Gasteiger partial charge in [-0.15, -0.1) is 0 Å². The topological polar surface area (TPSA) is 34.0 Å². The van der Waals surface area contributed by atoms with Gasteiger partial charge in [-0.25, -0.2) is 4.98 Å².